The molecule has 0 aromatic heterocycles. The minimum atomic E-state index is -2.43. The van der Waals surface area contributed by atoms with E-state index in [-0.39, 0.29) is 6.61 Å². The Morgan fingerprint density at radius 2 is 2.12 bits per heavy atom. The van der Waals surface area contributed by atoms with Gasteiger partial charge in [0.15, 0.2) is 0 Å². The molecular formula is C10H20F2N4O. The molecule has 0 heterocycles. The molecule has 1 fully saturated rings. The van der Waals surface area contributed by atoms with E-state index in [2.05, 4.69) is 15.7 Å². The molecule has 0 bridgehead atoms. The van der Waals surface area contributed by atoms with E-state index in [0.717, 1.165) is 12.8 Å². The quantitative estimate of drug-likeness (QED) is 0.212. The van der Waals surface area contributed by atoms with Gasteiger partial charge in [0, 0.05) is 6.04 Å². The maximum absolute atomic E-state index is 11.8. The lowest BCUT2D eigenvalue weighted by Crippen LogP contribution is -2.45. The van der Waals surface area contributed by atoms with Gasteiger partial charge in [-0.1, -0.05) is 12.8 Å². The monoisotopic (exact) mass is 250 g/mol. The molecule has 0 aromatic rings. The van der Waals surface area contributed by atoms with Crippen LogP contribution in [-0.4, -0.2) is 38.2 Å². The predicted molar refractivity (Wildman–Crippen MR) is 61.8 cm³/mol. The molecule has 0 atom stereocenters. The van der Waals surface area contributed by atoms with E-state index in [1.165, 1.54) is 12.8 Å². The second kappa shape index (κ2) is 8.19. The third-order valence-corrected chi connectivity index (χ3v) is 2.58. The second-order valence-electron chi connectivity index (χ2n) is 3.97. The van der Waals surface area contributed by atoms with Crippen molar-refractivity contribution in [2.45, 2.75) is 38.2 Å². The lowest BCUT2D eigenvalue weighted by molar-refractivity contribution is 0.0207. The van der Waals surface area contributed by atoms with Crippen LogP contribution in [0.25, 0.3) is 0 Å². The SMILES string of the molecule is NNC(=NCCOCC(F)F)NC1CCCC1. The third kappa shape index (κ3) is 6.38. The Hall–Kier alpha value is -0.950. The summed E-state index contributed by atoms with van der Waals surface area (Å²) in [4.78, 5) is 4.10. The van der Waals surface area contributed by atoms with Crippen LogP contribution in [0, 0.1) is 0 Å². The molecular weight excluding hydrogens is 230 g/mol. The van der Waals surface area contributed by atoms with E-state index >= 15 is 0 Å². The number of rotatable bonds is 6. The van der Waals surface area contributed by atoms with Crippen molar-refractivity contribution in [3.8, 4) is 0 Å². The van der Waals surface area contributed by atoms with Gasteiger partial charge >= 0.3 is 0 Å². The number of ether oxygens (including phenoxy) is 1. The molecule has 0 aromatic carbocycles. The fourth-order valence-electron chi connectivity index (χ4n) is 1.79. The number of alkyl halides is 2. The van der Waals surface area contributed by atoms with Crippen molar-refractivity contribution in [2.75, 3.05) is 19.8 Å². The van der Waals surface area contributed by atoms with Gasteiger partial charge in [0.25, 0.3) is 6.43 Å². The molecule has 17 heavy (non-hydrogen) atoms. The van der Waals surface area contributed by atoms with Crippen molar-refractivity contribution < 1.29 is 13.5 Å². The van der Waals surface area contributed by atoms with Gasteiger partial charge in [-0.25, -0.2) is 19.6 Å². The highest BCUT2D eigenvalue weighted by molar-refractivity contribution is 5.79. The number of nitrogens with two attached hydrogens (primary N) is 1. The summed E-state index contributed by atoms with van der Waals surface area (Å²) in [5, 5.41) is 3.18. The summed E-state index contributed by atoms with van der Waals surface area (Å²) < 4.78 is 28.2. The lowest BCUT2D eigenvalue weighted by atomic mass is 10.2. The average Bonchev–Trinajstić information content (AvgIpc) is 2.79. The van der Waals surface area contributed by atoms with Gasteiger partial charge in [0.1, 0.15) is 6.61 Å². The molecule has 0 aliphatic heterocycles. The first-order valence-electron chi connectivity index (χ1n) is 5.86. The molecule has 4 N–H and O–H groups in total. The molecule has 1 aliphatic rings. The summed E-state index contributed by atoms with van der Waals surface area (Å²) in [6, 6.07) is 0.409. The van der Waals surface area contributed by atoms with Crippen LogP contribution in [0.2, 0.25) is 0 Å². The van der Waals surface area contributed by atoms with Gasteiger partial charge in [-0.2, -0.15) is 0 Å². The standard InChI is InChI=1S/C10H20F2N4O/c11-9(12)7-17-6-5-14-10(16-13)15-8-3-1-2-4-8/h8-9H,1-7,13H2,(H2,14,15,16). The van der Waals surface area contributed by atoms with Crippen molar-refractivity contribution in [3.05, 3.63) is 0 Å². The van der Waals surface area contributed by atoms with Crippen molar-refractivity contribution in [1.82, 2.24) is 10.7 Å². The summed E-state index contributed by atoms with van der Waals surface area (Å²) >= 11 is 0. The van der Waals surface area contributed by atoms with Crippen LogP contribution in [-0.2, 0) is 4.74 Å². The number of halogens is 2. The average molecular weight is 250 g/mol. The highest BCUT2D eigenvalue weighted by atomic mass is 19.3. The molecule has 0 radical (unpaired) electrons. The molecule has 5 nitrogen and oxygen atoms in total. The second-order valence-corrected chi connectivity index (χ2v) is 3.97. The Morgan fingerprint density at radius 3 is 2.71 bits per heavy atom. The van der Waals surface area contributed by atoms with E-state index in [0.29, 0.717) is 18.5 Å². The molecule has 1 aliphatic carbocycles. The maximum Gasteiger partial charge on any atom is 0.261 e. The van der Waals surface area contributed by atoms with Gasteiger partial charge in [0.05, 0.1) is 13.2 Å². The van der Waals surface area contributed by atoms with Gasteiger partial charge in [0.2, 0.25) is 5.96 Å². The maximum atomic E-state index is 11.8. The molecule has 1 rings (SSSR count). The number of hydrazine groups is 1. The van der Waals surface area contributed by atoms with E-state index in [1.54, 1.807) is 0 Å². The molecule has 1 saturated carbocycles. The molecule has 0 amide bonds. The Bertz CT molecular complexity index is 232. The minimum absolute atomic E-state index is 0.169. The number of guanidine groups is 1. The van der Waals surface area contributed by atoms with E-state index in [9.17, 15) is 8.78 Å². The summed E-state index contributed by atoms with van der Waals surface area (Å²) in [7, 11) is 0. The fraction of sp³-hybridized carbons (Fsp3) is 0.900. The normalized spacial score (nSPS) is 17.8. The highest BCUT2D eigenvalue weighted by Crippen LogP contribution is 2.17. The third-order valence-electron chi connectivity index (χ3n) is 2.58. The summed E-state index contributed by atoms with van der Waals surface area (Å²) in [5.41, 5.74) is 2.46. The molecule has 100 valence electrons. The highest BCUT2D eigenvalue weighted by Gasteiger charge is 2.15. The number of nitrogens with one attached hydrogen (secondary N) is 2. The number of nitrogens with zero attached hydrogens (tertiary/aromatic N) is 1. The number of hydrogen-bond acceptors (Lipinski definition) is 3. The van der Waals surface area contributed by atoms with Crippen LogP contribution in [0.15, 0.2) is 4.99 Å². The van der Waals surface area contributed by atoms with Crippen LogP contribution in [0.4, 0.5) is 8.78 Å². The van der Waals surface area contributed by atoms with E-state index in [4.69, 9.17) is 10.6 Å². The first-order valence-corrected chi connectivity index (χ1v) is 5.86. The Balaban J connectivity index is 2.14. The zero-order valence-electron chi connectivity index (χ0n) is 9.79. The topological polar surface area (TPSA) is 71.7 Å². The minimum Gasteiger partial charge on any atom is -0.374 e. The van der Waals surface area contributed by atoms with Gasteiger partial charge in [-0.05, 0) is 12.8 Å². The van der Waals surface area contributed by atoms with Gasteiger partial charge in [-0.15, -0.1) is 0 Å². The number of aliphatic imine (C=N–C) groups is 1. The Labute approximate surface area is 99.8 Å². The molecule has 7 heteroatoms. The lowest BCUT2D eigenvalue weighted by Gasteiger charge is -2.14. The van der Waals surface area contributed by atoms with Crippen molar-refractivity contribution in [2.24, 2.45) is 10.8 Å². The first-order chi connectivity index (χ1) is 8.22. The summed E-state index contributed by atoms with van der Waals surface area (Å²) in [5.74, 6) is 5.81. The predicted octanol–water partition coefficient (Wildman–Crippen LogP) is 0.620. The van der Waals surface area contributed by atoms with Crippen molar-refractivity contribution in [1.29, 1.82) is 0 Å². The molecule has 0 saturated heterocycles. The zero-order valence-corrected chi connectivity index (χ0v) is 9.79. The van der Waals surface area contributed by atoms with Crippen LogP contribution < -0.4 is 16.6 Å². The van der Waals surface area contributed by atoms with E-state index in [1.807, 2.05) is 0 Å². The smallest absolute Gasteiger partial charge is 0.261 e. The van der Waals surface area contributed by atoms with Crippen LogP contribution in [0.5, 0.6) is 0 Å². The zero-order chi connectivity index (χ0) is 12.5. The Kier molecular flexibility index (Phi) is 6.80. The molecule has 0 spiro atoms. The van der Waals surface area contributed by atoms with Crippen LogP contribution >= 0.6 is 0 Å². The summed E-state index contributed by atoms with van der Waals surface area (Å²) in [6.07, 6.45) is 2.23. The Morgan fingerprint density at radius 1 is 1.41 bits per heavy atom. The van der Waals surface area contributed by atoms with E-state index < -0.39 is 13.0 Å². The number of hydrogen-bond donors (Lipinski definition) is 3. The first kappa shape index (κ1) is 14.1. The fourth-order valence-corrected chi connectivity index (χ4v) is 1.79. The van der Waals surface area contributed by atoms with Gasteiger partial charge in [-0.3, -0.25) is 5.43 Å². The summed E-state index contributed by atoms with van der Waals surface area (Å²) in [6.45, 7) is -0.0647. The van der Waals surface area contributed by atoms with Crippen LogP contribution in [0.1, 0.15) is 25.7 Å². The molecule has 0 unspecified atom stereocenters. The van der Waals surface area contributed by atoms with Gasteiger partial charge < -0.3 is 10.1 Å². The van der Waals surface area contributed by atoms with Crippen molar-refractivity contribution in [3.63, 3.8) is 0 Å². The largest absolute Gasteiger partial charge is 0.374 e. The van der Waals surface area contributed by atoms with Crippen molar-refractivity contribution >= 4 is 5.96 Å². The van der Waals surface area contributed by atoms with Crippen LogP contribution in [0.3, 0.4) is 0 Å².